The van der Waals surface area contributed by atoms with E-state index in [4.69, 9.17) is 20.9 Å². The summed E-state index contributed by atoms with van der Waals surface area (Å²) >= 11 is 0. The number of aliphatic hydroxyl groups excluding tert-OH is 1. The summed E-state index contributed by atoms with van der Waals surface area (Å²) < 4.78 is 14.0. The number of aliphatic hydroxyl groups is 1. The Morgan fingerprint density at radius 3 is 2.17 bits per heavy atom. The number of nitrogens with one attached hydrogen (secondary N) is 1. The highest BCUT2D eigenvalue weighted by Crippen LogP contribution is 2.25. The molecule has 15 heteroatoms. The second-order valence-electron chi connectivity index (χ2n) is 8.69. The number of primary amides is 2. The van der Waals surface area contributed by atoms with Gasteiger partial charge in [0.15, 0.2) is 0 Å². The zero-order valence-corrected chi connectivity index (χ0v) is 20.2. The molecule has 2 saturated heterocycles. The second-order valence-corrected chi connectivity index (χ2v) is 8.69. The summed E-state index contributed by atoms with van der Waals surface area (Å²) in [5.74, 6) is -2.42. The highest BCUT2D eigenvalue weighted by molar-refractivity contribution is 5.94. The third-order valence-corrected chi connectivity index (χ3v) is 5.86. The van der Waals surface area contributed by atoms with E-state index < -0.39 is 73.0 Å². The van der Waals surface area contributed by atoms with Gasteiger partial charge in [0.2, 0.25) is 30.4 Å². The van der Waals surface area contributed by atoms with Crippen molar-refractivity contribution in [3.63, 3.8) is 0 Å². The Labute approximate surface area is 207 Å². The molecule has 0 spiro atoms. The highest BCUT2D eigenvalue weighted by atomic mass is 16.8. The Kier molecular flexibility index (Phi) is 10.3. The van der Waals surface area contributed by atoms with Gasteiger partial charge in [-0.3, -0.25) is 19.2 Å². The maximum atomic E-state index is 13.1. The molecule has 2 fully saturated rings. The number of rotatable bonds is 10. The maximum Gasteiger partial charge on any atom is 0.511 e. The van der Waals surface area contributed by atoms with Crippen LogP contribution in [0.15, 0.2) is 0 Å². The van der Waals surface area contributed by atoms with Crippen molar-refractivity contribution in [3.8, 4) is 0 Å². The Morgan fingerprint density at radius 1 is 0.972 bits per heavy atom. The lowest BCUT2D eigenvalue weighted by Gasteiger charge is -2.33. The summed E-state index contributed by atoms with van der Waals surface area (Å²) in [6.07, 6.45) is -2.89. The number of carbonyl (C=O) groups is 6. The molecule has 15 nitrogen and oxygen atoms in total. The number of ether oxygens (including phenoxy) is 3. The summed E-state index contributed by atoms with van der Waals surface area (Å²) in [5, 5.41) is 12.3. The topological polar surface area (TPSA) is 221 Å². The largest absolute Gasteiger partial charge is 0.511 e. The molecule has 0 bridgehead atoms. The van der Waals surface area contributed by atoms with Crippen LogP contribution in [0.1, 0.15) is 46.0 Å². The molecule has 202 valence electrons. The van der Waals surface area contributed by atoms with Gasteiger partial charge >= 0.3 is 12.2 Å². The second kappa shape index (κ2) is 12.9. The number of likely N-dealkylation sites (tertiary alicyclic amines) is 2. The Bertz CT molecular complexity index is 866. The fourth-order valence-corrected chi connectivity index (χ4v) is 4.20. The minimum absolute atomic E-state index is 0.211. The number of alkyl carbamates (subject to hydrolysis) is 1. The van der Waals surface area contributed by atoms with Crippen LogP contribution in [0.2, 0.25) is 0 Å². The summed E-state index contributed by atoms with van der Waals surface area (Å²) in [5.41, 5.74) is 10.4. The third-order valence-electron chi connectivity index (χ3n) is 5.86. The molecule has 5 atom stereocenters. The first-order valence-corrected chi connectivity index (χ1v) is 11.6. The lowest BCUT2D eigenvalue weighted by Crippen LogP contribution is -2.58. The molecular formula is C21H33N5O10. The average molecular weight is 516 g/mol. The van der Waals surface area contributed by atoms with Gasteiger partial charge in [0, 0.05) is 13.1 Å². The molecule has 0 unspecified atom stereocenters. The van der Waals surface area contributed by atoms with Gasteiger partial charge in [0.1, 0.15) is 24.2 Å². The van der Waals surface area contributed by atoms with Crippen molar-refractivity contribution in [1.82, 2.24) is 15.1 Å². The maximum absolute atomic E-state index is 13.1. The zero-order valence-electron chi connectivity index (χ0n) is 20.2. The number of nitrogens with zero attached hydrogens (tertiary/aromatic N) is 2. The first kappa shape index (κ1) is 28.6. The molecule has 36 heavy (non-hydrogen) atoms. The molecule has 0 radical (unpaired) electrons. The van der Waals surface area contributed by atoms with Crippen molar-refractivity contribution in [2.45, 2.75) is 76.3 Å². The standard InChI is InChI=1S/C21H33N5O10/c1-11(9-15(22)28)36-21(33)35-10-34-20(32)24-16(12(2)27)19(31)26-8-4-6-14(26)18(30)25-7-3-5-13(25)17(23)29/h11-14,16,27H,3-10H2,1-2H3,(H2,22,28)(H2,23,29)(H,24,32)/t11-,12-,13+,14+,16+/m1/s1. The van der Waals surface area contributed by atoms with Gasteiger partial charge < -0.3 is 45.9 Å². The van der Waals surface area contributed by atoms with Gasteiger partial charge in [-0.25, -0.2) is 9.59 Å². The molecule has 5 amide bonds. The fourth-order valence-electron chi connectivity index (χ4n) is 4.20. The van der Waals surface area contributed by atoms with Crippen molar-refractivity contribution in [2.24, 2.45) is 11.5 Å². The quantitative estimate of drug-likeness (QED) is 0.191. The van der Waals surface area contributed by atoms with E-state index >= 15 is 0 Å². The van der Waals surface area contributed by atoms with E-state index in [2.05, 4.69) is 10.1 Å². The predicted molar refractivity (Wildman–Crippen MR) is 119 cm³/mol. The van der Waals surface area contributed by atoms with Crippen molar-refractivity contribution < 1.29 is 48.1 Å². The van der Waals surface area contributed by atoms with Crippen LogP contribution in [0.3, 0.4) is 0 Å². The van der Waals surface area contributed by atoms with Crippen molar-refractivity contribution in [3.05, 3.63) is 0 Å². The lowest BCUT2D eigenvalue weighted by molar-refractivity contribution is -0.148. The van der Waals surface area contributed by atoms with Gasteiger partial charge in [-0.1, -0.05) is 0 Å². The van der Waals surface area contributed by atoms with E-state index in [1.165, 1.54) is 23.6 Å². The summed E-state index contributed by atoms with van der Waals surface area (Å²) in [6.45, 7) is 2.37. The summed E-state index contributed by atoms with van der Waals surface area (Å²) in [6, 6.07) is -3.06. The molecule has 0 saturated carbocycles. The Morgan fingerprint density at radius 2 is 1.58 bits per heavy atom. The van der Waals surface area contributed by atoms with Gasteiger partial charge in [-0.15, -0.1) is 0 Å². The number of carbonyl (C=O) groups excluding carboxylic acids is 6. The van der Waals surface area contributed by atoms with Crippen LogP contribution in [-0.2, 0) is 33.4 Å². The monoisotopic (exact) mass is 515 g/mol. The van der Waals surface area contributed by atoms with Crippen molar-refractivity contribution in [2.75, 3.05) is 19.9 Å². The molecular weight excluding hydrogens is 482 g/mol. The molecule has 6 N–H and O–H groups in total. The number of nitrogens with two attached hydrogens (primary N) is 2. The smallest absolute Gasteiger partial charge is 0.431 e. The Hall–Kier alpha value is -3.62. The molecule has 2 heterocycles. The molecule has 0 aromatic carbocycles. The van der Waals surface area contributed by atoms with E-state index in [1.807, 2.05) is 0 Å². The van der Waals surface area contributed by atoms with Crippen LogP contribution in [0.4, 0.5) is 9.59 Å². The van der Waals surface area contributed by atoms with Crippen LogP contribution in [0.5, 0.6) is 0 Å². The van der Waals surface area contributed by atoms with Crippen LogP contribution in [0.25, 0.3) is 0 Å². The molecule has 2 aliphatic rings. The van der Waals surface area contributed by atoms with Crippen LogP contribution < -0.4 is 16.8 Å². The lowest BCUT2D eigenvalue weighted by atomic mass is 10.1. The molecule has 0 aromatic rings. The number of hydrogen-bond donors (Lipinski definition) is 4. The summed E-state index contributed by atoms with van der Waals surface area (Å²) in [4.78, 5) is 75.0. The highest BCUT2D eigenvalue weighted by Gasteiger charge is 2.43. The summed E-state index contributed by atoms with van der Waals surface area (Å²) in [7, 11) is 0. The van der Waals surface area contributed by atoms with Crippen LogP contribution in [-0.4, -0.2) is 101 Å². The first-order chi connectivity index (χ1) is 16.9. The SMILES string of the molecule is C[C@H](CC(N)=O)OC(=O)OCOC(=O)N[C@H](C(=O)N1CCC[C@H]1C(=O)N1CCC[C@H]1C(N)=O)[C@@H](C)O. The predicted octanol–water partition coefficient (Wildman–Crippen LogP) is -1.70. The van der Waals surface area contributed by atoms with E-state index in [0.717, 1.165) is 0 Å². The van der Waals surface area contributed by atoms with Gasteiger partial charge in [-0.2, -0.15) is 0 Å². The van der Waals surface area contributed by atoms with E-state index in [9.17, 15) is 33.9 Å². The third kappa shape index (κ3) is 7.69. The molecule has 0 aromatic heterocycles. The van der Waals surface area contributed by atoms with Crippen LogP contribution in [0, 0.1) is 0 Å². The molecule has 2 aliphatic heterocycles. The molecule has 2 rings (SSSR count). The van der Waals surface area contributed by atoms with Gasteiger partial charge in [0.25, 0.3) is 0 Å². The van der Waals surface area contributed by atoms with E-state index in [1.54, 1.807) is 0 Å². The van der Waals surface area contributed by atoms with Gasteiger partial charge in [-0.05, 0) is 39.5 Å². The zero-order chi connectivity index (χ0) is 27.0. The number of hydrogen-bond acceptors (Lipinski definition) is 10. The number of amides is 5. The minimum atomic E-state index is -1.46. The Balaban J connectivity index is 1.92. The van der Waals surface area contributed by atoms with Crippen LogP contribution >= 0.6 is 0 Å². The van der Waals surface area contributed by atoms with Crippen molar-refractivity contribution in [1.29, 1.82) is 0 Å². The van der Waals surface area contributed by atoms with E-state index in [-0.39, 0.29) is 13.0 Å². The van der Waals surface area contributed by atoms with Gasteiger partial charge in [0.05, 0.1) is 12.5 Å². The first-order valence-electron chi connectivity index (χ1n) is 11.6. The average Bonchev–Trinajstić information content (AvgIpc) is 3.45. The van der Waals surface area contributed by atoms with E-state index in [0.29, 0.717) is 32.2 Å². The van der Waals surface area contributed by atoms with Crippen molar-refractivity contribution >= 4 is 35.9 Å². The fraction of sp³-hybridized carbons (Fsp3) is 0.714. The molecule has 0 aliphatic carbocycles. The normalized spacial score (nSPS) is 21.8. The minimum Gasteiger partial charge on any atom is -0.431 e.